The van der Waals surface area contributed by atoms with Crippen LogP contribution in [0.1, 0.15) is 12.0 Å². The molecule has 0 saturated carbocycles. The van der Waals surface area contributed by atoms with Crippen LogP contribution in [0.3, 0.4) is 0 Å². The Hall–Kier alpha value is -1.07. The van der Waals surface area contributed by atoms with Crippen LogP contribution in [0, 0.1) is 0 Å². The molecule has 0 aromatic heterocycles. The number of aliphatic carboxylic acids is 1. The van der Waals surface area contributed by atoms with Gasteiger partial charge in [-0.1, -0.05) is 28.1 Å². The van der Waals surface area contributed by atoms with E-state index < -0.39 is 12.0 Å². The molecular weight excluding hydrogens is 334 g/mol. The average molecular weight is 347 g/mol. The van der Waals surface area contributed by atoms with E-state index in [4.69, 9.17) is 11.6 Å². The number of alkyl halides is 1. The highest BCUT2D eigenvalue weighted by atomic mass is 79.9. The second kappa shape index (κ2) is 5.92. The Bertz CT molecular complexity index is 491. The van der Waals surface area contributed by atoms with E-state index in [0.29, 0.717) is 6.54 Å². The summed E-state index contributed by atoms with van der Waals surface area (Å²) in [6.45, 7) is 0.299. The molecule has 1 fully saturated rings. The van der Waals surface area contributed by atoms with Crippen molar-refractivity contribution in [1.29, 1.82) is 0 Å². The number of carbonyl (C=O) groups is 2. The lowest BCUT2D eigenvalue weighted by Gasteiger charge is -2.24. The summed E-state index contributed by atoms with van der Waals surface area (Å²) in [5.74, 6) is -1.19. The van der Waals surface area contributed by atoms with Gasteiger partial charge in [-0.25, -0.2) is 4.79 Å². The molecule has 1 aromatic rings. The minimum Gasteiger partial charge on any atom is -0.480 e. The van der Waals surface area contributed by atoms with E-state index in [-0.39, 0.29) is 24.1 Å². The standard InChI is InChI=1S/C13H13BrClNO3/c14-9-3-1-8(2-4-9)5-11(13(18)19)16-7-10(15)6-12(16)17/h1-4,10-11H,5-7H2,(H,18,19)/t10?,11-/m0/s1. The maximum atomic E-state index is 11.7. The van der Waals surface area contributed by atoms with Crippen LogP contribution in [0.4, 0.5) is 0 Å². The fourth-order valence-electron chi connectivity index (χ4n) is 2.16. The van der Waals surface area contributed by atoms with E-state index in [2.05, 4.69) is 15.9 Å². The fraction of sp³-hybridized carbons (Fsp3) is 0.385. The van der Waals surface area contributed by atoms with E-state index in [0.717, 1.165) is 10.0 Å². The molecule has 0 aliphatic carbocycles. The second-order valence-electron chi connectivity index (χ2n) is 4.53. The summed E-state index contributed by atoms with van der Waals surface area (Å²) < 4.78 is 0.932. The van der Waals surface area contributed by atoms with Crippen molar-refractivity contribution < 1.29 is 14.7 Å². The number of benzene rings is 1. The monoisotopic (exact) mass is 345 g/mol. The highest BCUT2D eigenvalue weighted by molar-refractivity contribution is 9.10. The third kappa shape index (κ3) is 3.48. The predicted molar refractivity (Wildman–Crippen MR) is 75.2 cm³/mol. The van der Waals surface area contributed by atoms with Crippen molar-refractivity contribution in [3.05, 3.63) is 34.3 Å². The Kier molecular flexibility index (Phi) is 4.47. The first kappa shape index (κ1) is 14.3. The van der Waals surface area contributed by atoms with E-state index in [9.17, 15) is 14.7 Å². The van der Waals surface area contributed by atoms with Crippen LogP contribution in [0.25, 0.3) is 0 Å². The number of rotatable bonds is 4. The smallest absolute Gasteiger partial charge is 0.326 e. The highest BCUT2D eigenvalue weighted by Gasteiger charge is 2.36. The minimum atomic E-state index is -0.998. The van der Waals surface area contributed by atoms with Crippen molar-refractivity contribution >= 4 is 39.4 Å². The normalized spacial score (nSPS) is 20.6. The zero-order valence-corrected chi connectivity index (χ0v) is 12.4. The molecule has 2 rings (SSSR count). The quantitative estimate of drug-likeness (QED) is 0.851. The first-order chi connectivity index (χ1) is 8.97. The van der Waals surface area contributed by atoms with E-state index >= 15 is 0 Å². The zero-order valence-electron chi connectivity index (χ0n) is 10.1. The molecule has 2 atom stereocenters. The Morgan fingerprint density at radius 1 is 1.47 bits per heavy atom. The summed E-state index contributed by atoms with van der Waals surface area (Å²) in [5, 5.41) is 9.02. The van der Waals surface area contributed by atoms with Gasteiger partial charge >= 0.3 is 5.97 Å². The summed E-state index contributed by atoms with van der Waals surface area (Å²) in [6, 6.07) is 6.55. The van der Waals surface area contributed by atoms with Crippen LogP contribution >= 0.6 is 27.5 Å². The summed E-state index contributed by atoms with van der Waals surface area (Å²) in [5.41, 5.74) is 0.876. The molecule has 1 N–H and O–H groups in total. The Morgan fingerprint density at radius 3 is 2.58 bits per heavy atom. The van der Waals surface area contributed by atoms with Gasteiger partial charge in [0.25, 0.3) is 0 Å². The number of carboxylic acids is 1. The van der Waals surface area contributed by atoms with E-state index in [1.165, 1.54) is 4.90 Å². The molecule has 1 saturated heterocycles. The predicted octanol–water partition coefficient (Wildman–Crippen LogP) is 2.28. The molecule has 1 heterocycles. The Balaban J connectivity index is 2.15. The third-order valence-electron chi connectivity index (χ3n) is 3.11. The summed E-state index contributed by atoms with van der Waals surface area (Å²) in [6.07, 6.45) is 0.504. The van der Waals surface area contributed by atoms with Crippen LogP contribution in [0.15, 0.2) is 28.7 Å². The number of carboxylic acid groups (broad SMARTS) is 1. The van der Waals surface area contributed by atoms with Gasteiger partial charge in [0.2, 0.25) is 5.91 Å². The van der Waals surface area contributed by atoms with E-state index in [1.54, 1.807) is 0 Å². The number of hydrogen-bond donors (Lipinski definition) is 1. The molecule has 0 bridgehead atoms. The van der Waals surface area contributed by atoms with Gasteiger partial charge < -0.3 is 10.0 Å². The second-order valence-corrected chi connectivity index (χ2v) is 6.07. The molecule has 1 amide bonds. The number of likely N-dealkylation sites (tertiary alicyclic amines) is 1. The molecule has 1 aliphatic rings. The molecule has 1 aliphatic heterocycles. The molecule has 1 unspecified atom stereocenters. The van der Waals surface area contributed by atoms with Crippen molar-refractivity contribution in [2.24, 2.45) is 0 Å². The zero-order chi connectivity index (χ0) is 14.0. The molecule has 0 spiro atoms. The van der Waals surface area contributed by atoms with Crippen molar-refractivity contribution in [1.82, 2.24) is 4.90 Å². The van der Waals surface area contributed by atoms with Gasteiger partial charge in [-0.2, -0.15) is 0 Å². The number of amides is 1. The van der Waals surface area contributed by atoms with Crippen molar-refractivity contribution in [3.63, 3.8) is 0 Å². The maximum Gasteiger partial charge on any atom is 0.326 e. The van der Waals surface area contributed by atoms with Crippen molar-refractivity contribution in [2.75, 3.05) is 6.54 Å². The lowest BCUT2D eigenvalue weighted by Crippen LogP contribution is -2.43. The maximum absolute atomic E-state index is 11.7. The Morgan fingerprint density at radius 2 is 2.11 bits per heavy atom. The number of hydrogen-bond acceptors (Lipinski definition) is 2. The topological polar surface area (TPSA) is 57.6 Å². The molecule has 19 heavy (non-hydrogen) atoms. The molecule has 0 radical (unpaired) electrons. The molecule has 102 valence electrons. The highest BCUT2D eigenvalue weighted by Crippen LogP contribution is 2.22. The van der Waals surface area contributed by atoms with Crippen molar-refractivity contribution in [2.45, 2.75) is 24.3 Å². The number of halogens is 2. The van der Waals surface area contributed by atoms with Gasteiger partial charge in [0.05, 0.1) is 5.38 Å². The van der Waals surface area contributed by atoms with Crippen LogP contribution < -0.4 is 0 Å². The summed E-state index contributed by atoms with van der Waals surface area (Å²) in [4.78, 5) is 24.5. The molecule has 4 nitrogen and oxygen atoms in total. The third-order valence-corrected chi connectivity index (χ3v) is 3.94. The van der Waals surface area contributed by atoms with Gasteiger partial charge in [0, 0.05) is 23.9 Å². The summed E-state index contributed by atoms with van der Waals surface area (Å²) in [7, 11) is 0. The fourth-order valence-corrected chi connectivity index (χ4v) is 2.71. The first-order valence-electron chi connectivity index (χ1n) is 5.88. The Labute approximate surface area is 124 Å². The van der Waals surface area contributed by atoms with Gasteiger partial charge in [0.15, 0.2) is 0 Å². The molecular formula is C13H13BrClNO3. The first-order valence-corrected chi connectivity index (χ1v) is 7.11. The van der Waals surface area contributed by atoms with E-state index in [1.807, 2.05) is 24.3 Å². The van der Waals surface area contributed by atoms with Crippen LogP contribution in [0.2, 0.25) is 0 Å². The van der Waals surface area contributed by atoms with Crippen LogP contribution in [-0.2, 0) is 16.0 Å². The molecule has 1 aromatic carbocycles. The SMILES string of the molecule is O=C(O)[C@H](Cc1ccc(Br)cc1)N1CC(Cl)CC1=O. The summed E-state index contributed by atoms with van der Waals surface area (Å²) >= 11 is 9.24. The van der Waals surface area contributed by atoms with Gasteiger partial charge in [-0.05, 0) is 17.7 Å². The van der Waals surface area contributed by atoms with Gasteiger partial charge in [-0.15, -0.1) is 11.6 Å². The van der Waals surface area contributed by atoms with Gasteiger partial charge in [-0.3, -0.25) is 4.79 Å². The van der Waals surface area contributed by atoms with Crippen LogP contribution in [0.5, 0.6) is 0 Å². The number of carbonyl (C=O) groups excluding carboxylic acids is 1. The van der Waals surface area contributed by atoms with Gasteiger partial charge in [0.1, 0.15) is 6.04 Å². The largest absolute Gasteiger partial charge is 0.480 e. The average Bonchev–Trinajstić information content (AvgIpc) is 2.67. The lowest BCUT2D eigenvalue weighted by molar-refractivity contribution is -0.148. The van der Waals surface area contributed by atoms with Crippen LogP contribution in [-0.4, -0.2) is 39.8 Å². The minimum absolute atomic E-state index is 0.190. The van der Waals surface area contributed by atoms with Crippen molar-refractivity contribution in [3.8, 4) is 0 Å². The lowest BCUT2D eigenvalue weighted by atomic mass is 10.1. The molecule has 6 heteroatoms. The number of nitrogens with zero attached hydrogens (tertiary/aromatic N) is 1.